The highest BCUT2D eigenvalue weighted by Gasteiger charge is 2.60. The molecule has 2 aliphatic heterocycles. The molecule has 7 nitrogen and oxygen atoms in total. The summed E-state index contributed by atoms with van der Waals surface area (Å²) in [5.41, 5.74) is 2.35. The fraction of sp³-hybridized carbons (Fsp3) is 0.231. The third-order valence-electron chi connectivity index (χ3n) is 6.16. The van der Waals surface area contributed by atoms with Crippen LogP contribution in [-0.4, -0.2) is 37.0 Å². The number of anilines is 1. The van der Waals surface area contributed by atoms with Gasteiger partial charge in [0, 0.05) is 5.56 Å². The summed E-state index contributed by atoms with van der Waals surface area (Å²) in [6, 6.07) is 23.8. The molecule has 3 unspecified atom stereocenters. The van der Waals surface area contributed by atoms with E-state index < -0.39 is 18.1 Å². The van der Waals surface area contributed by atoms with Gasteiger partial charge in [0.2, 0.25) is 5.91 Å². The van der Waals surface area contributed by atoms with Crippen molar-refractivity contribution in [1.29, 1.82) is 0 Å². The maximum atomic E-state index is 13.6. The van der Waals surface area contributed by atoms with Gasteiger partial charge in [0.25, 0.3) is 5.91 Å². The van der Waals surface area contributed by atoms with Crippen LogP contribution in [0.2, 0.25) is 0 Å². The lowest BCUT2D eigenvalue weighted by molar-refractivity contribution is -0.143. The van der Waals surface area contributed by atoms with Crippen LogP contribution in [-0.2, 0) is 21.0 Å². The number of carbonyl (C=O) groups is 2. The quantitative estimate of drug-likeness (QED) is 0.540. The van der Waals surface area contributed by atoms with E-state index in [2.05, 4.69) is 0 Å². The van der Waals surface area contributed by atoms with E-state index in [1.807, 2.05) is 66.7 Å². The monoisotopic (exact) mass is 444 g/mol. The topological polar surface area (TPSA) is 68.3 Å². The molecule has 3 atom stereocenters. The Balaban J connectivity index is 1.58. The number of fused-ring (bicyclic) bond motifs is 1. The van der Waals surface area contributed by atoms with Crippen molar-refractivity contribution in [3.05, 3.63) is 90.0 Å². The van der Waals surface area contributed by atoms with Gasteiger partial charge < -0.3 is 9.47 Å². The number of hydrogen-bond acceptors (Lipinski definition) is 6. The number of hydrogen-bond donors (Lipinski definition) is 0. The van der Waals surface area contributed by atoms with E-state index in [4.69, 9.17) is 14.3 Å². The standard InChI is InChI=1S/C26H24N2O5/c1-31-19-13-14-21(32-2)20(15-19)23-22-24(33-28(23)18-11-7-4-8-12-18)26(30)27(25(22)29)16-17-9-5-3-6-10-17/h3-15,22-24H,16H2,1-2H3. The maximum Gasteiger partial charge on any atom is 0.262 e. The molecule has 2 amide bonds. The summed E-state index contributed by atoms with van der Waals surface area (Å²) in [4.78, 5) is 34.5. The van der Waals surface area contributed by atoms with Crippen LogP contribution in [0.15, 0.2) is 78.9 Å². The van der Waals surface area contributed by atoms with Crippen molar-refractivity contribution in [3.63, 3.8) is 0 Å². The van der Waals surface area contributed by atoms with Crippen LogP contribution in [0, 0.1) is 5.92 Å². The molecule has 7 heteroatoms. The van der Waals surface area contributed by atoms with E-state index in [-0.39, 0.29) is 18.4 Å². The number of nitrogens with zero attached hydrogens (tertiary/aromatic N) is 2. The van der Waals surface area contributed by atoms with Gasteiger partial charge in [-0.2, -0.15) is 0 Å². The first-order chi connectivity index (χ1) is 16.1. The molecule has 5 rings (SSSR count). The molecular weight excluding hydrogens is 420 g/mol. The van der Waals surface area contributed by atoms with Crippen LogP contribution in [0.3, 0.4) is 0 Å². The van der Waals surface area contributed by atoms with Crippen molar-refractivity contribution in [2.45, 2.75) is 18.7 Å². The van der Waals surface area contributed by atoms with Crippen molar-refractivity contribution in [2.75, 3.05) is 19.3 Å². The molecule has 2 aliphatic rings. The SMILES string of the molecule is COc1ccc(OC)c(C2C3C(=O)N(Cc4ccccc4)C(=O)C3ON2c2ccccc2)c1. The fourth-order valence-electron chi connectivity index (χ4n) is 4.58. The minimum absolute atomic E-state index is 0.210. The summed E-state index contributed by atoms with van der Waals surface area (Å²) in [7, 11) is 3.16. The molecule has 0 aromatic heterocycles. The summed E-state index contributed by atoms with van der Waals surface area (Å²) in [6.07, 6.45) is -0.915. The van der Waals surface area contributed by atoms with Crippen LogP contribution in [0.4, 0.5) is 5.69 Å². The van der Waals surface area contributed by atoms with Crippen molar-refractivity contribution in [3.8, 4) is 11.5 Å². The Morgan fingerprint density at radius 2 is 1.55 bits per heavy atom. The zero-order valence-electron chi connectivity index (χ0n) is 18.4. The zero-order chi connectivity index (χ0) is 22.9. The number of likely N-dealkylation sites (tertiary alicyclic amines) is 1. The van der Waals surface area contributed by atoms with Gasteiger partial charge >= 0.3 is 0 Å². The Hall–Kier alpha value is -3.84. The molecule has 2 heterocycles. The van der Waals surface area contributed by atoms with E-state index in [0.29, 0.717) is 11.5 Å². The predicted octanol–water partition coefficient (Wildman–Crippen LogP) is 3.75. The minimum atomic E-state index is -0.915. The molecule has 0 radical (unpaired) electrons. The van der Waals surface area contributed by atoms with Gasteiger partial charge in [-0.15, -0.1) is 0 Å². The lowest BCUT2D eigenvalue weighted by atomic mass is 9.89. The molecule has 0 aliphatic carbocycles. The third kappa shape index (κ3) is 3.60. The molecule has 2 saturated heterocycles. The normalized spacial score (nSPS) is 21.9. The molecule has 33 heavy (non-hydrogen) atoms. The number of methoxy groups -OCH3 is 2. The first kappa shape index (κ1) is 21.0. The summed E-state index contributed by atoms with van der Waals surface area (Å²) in [5.74, 6) is -0.100. The molecule has 0 N–H and O–H groups in total. The van der Waals surface area contributed by atoms with Gasteiger partial charge in [-0.3, -0.25) is 19.3 Å². The number of carbonyl (C=O) groups excluding carboxylic acids is 2. The third-order valence-corrected chi connectivity index (χ3v) is 6.16. The Bertz CT molecular complexity index is 1170. The molecule has 168 valence electrons. The highest BCUT2D eigenvalue weighted by Crippen LogP contribution is 2.49. The largest absolute Gasteiger partial charge is 0.497 e. The molecular formula is C26H24N2O5. The second-order valence-electron chi connectivity index (χ2n) is 8.01. The Morgan fingerprint density at radius 3 is 2.21 bits per heavy atom. The van der Waals surface area contributed by atoms with E-state index in [0.717, 1.165) is 16.8 Å². The van der Waals surface area contributed by atoms with Gasteiger partial charge in [0.05, 0.1) is 26.5 Å². The van der Waals surface area contributed by atoms with Crippen LogP contribution in [0.1, 0.15) is 17.2 Å². The van der Waals surface area contributed by atoms with E-state index in [1.54, 1.807) is 31.4 Å². The summed E-state index contributed by atoms with van der Waals surface area (Å²) < 4.78 is 11.1. The van der Waals surface area contributed by atoms with Crippen LogP contribution < -0.4 is 14.5 Å². The fourth-order valence-corrected chi connectivity index (χ4v) is 4.58. The van der Waals surface area contributed by atoms with E-state index >= 15 is 0 Å². The lowest BCUT2D eigenvalue weighted by Crippen LogP contribution is -2.37. The number of ether oxygens (including phenoxy) is 2. The Morgan fingerprint density at radius 1 is 0.848 bits per heavy atom. The molecule has 3 aromatic carbocycles. The summed E-state index contributed by atoms with van der Waals surface area (Å²) in [6.45, 7) is 0.210. The minimum Gasteiger partial charge on any atom is -0.497 e. The second kappa shape index (κ2) is 8.60. The summed E-state index contributed by atoms with van der Waals surface area (Å²) in [5, 5.41) is 1.66. The average molecular weight is 444 g/mol. The van der Waals surface area contributed by atoms with Crippen LogP contribution in [0.5, 0.6) is 11.5 Å². The van der Waals surface area contributed by atoms with Crippen LogP contribution in [0.25, 0.3) is 0 Å². The van der Waals surface area contributed by atoms with Gasteiger partial charge in [-0.25, -0.2) is 5.06 Å². The van der Waals surface area contributed by atoms with E-state index in [9.17, 15) is 9.59 Å². The van der Waals surface area contributed by atoms with Crippen LogP contribution >= 0.6 is 0 Å². The lowest BCUT2D eigenvalue weighted by Gasteiger charge is -2.29. The predicted molar refractivity (Wildman–Crippen MR) is 122 cm³/mol. The maximum absolute atomic E-state index is 13.6. The number of imide groups is 1. The number of hydroxylamine groups is 1. The second-order valence-corrected chi connectivity index (χ2v) is 8.01. The Labute approximate surface area is 192 Å². The van der Waals surface area contributed by atoms with Gasteiger partial charge in [-0.1, -0.05) is 48.5 Å². The van der Waals surface area contributed by atoms with Crippen molar-refractivity contribution < 1.29 is 23.9 Å². The number of para-hydroxylation sites is 1. The van der Waals surface area contributed by atoms with Crippen molar-refractivity contribution in [2.24, 2.45) is 5.92 Å². The first-order valence-electron chi connectivity index (χ1n) is 10.7. The zero-order valence-corrected chi connectivity index (χ0v) is 18.4. The molecule has 0 bridgehead atoms. The highest BCUT2D eigenvalue weighted by molar-refractivity contribution is 6.07. The van der Waals surface area contributed by atoms with Gasteiger partial charge in [0.15, 0.2) is 6.10 Å². The molecule has 0 spiro atoms. The average Bonchev–Trinajstić information content (AvgIpc) is 3.36. The van der Waals surface area contributed by atoms with Gasteiger partial charge in [0.1, 0.15) is 23.5 Å². The van der Waals surface area contributed by atoms with Crippen molar-refractivity contribution >= 4 is 17.5 Å². The first-order valence-corrected chi connectivity index (χ1v) is 10.7. The number of amides is 2. The number of rotatable bonds is 6. The van der Waals surface area contributed by atoms with E-state index in [1.165, 1.54) is 4.90 Å². The number of benzene rings is 3. The van der Waals surface area contributed by atoms with Crippen molar-refractivity contribution in [1.82, 2.24) is 4.90 Å². The molecule has 3 aromatic rings. The summed E-state index contributed by atoms with van der Waals surface area (Å²) >= 11 is 0. The molecule has 2 fully saturated rings. The highest BCUT2D eigenvalue weighted by atomic mass is 16.7. The molecule has 0 saturated carbocycles. The Kier molecular flexibility index (Phi) is 5.48. The smallest absolute Gasteiger partial charge is 0.262 e. The van der Waals surface area contributed by atoms with Gasteiger partial charge in [-0.05, 0) is 35.9 Å².